The Labute approximate surface area is 91.8 Å². The number of aromatic nitrogens is 2. The van der Waals surface area contributed by atoms with E-state index in [4.69, 9.17) is 9.84 Å². The van der Waals surface area contributed by atoms with Gasteiger partial charge in [0.25, 0.3) is 5.91 Å². The number of amides is 1. The second kappa shape index (κ2) is 5.86. The van der Waals surface area contributed by atoms with E-state index in [1.807, 2.05) is 0 Å². The lowest BCUT2D eigenvalue weighted by Gasteiger charge is -2.12. The first-order valence-corrected chi connectivity index (χ1v) is 4.66. The molecule has 1 aromatic heterocycles. The Balaban J connectivity index is 2.54. The monoisotopic (exact) mass is 227 g/mol. The van der Waals surface area contributed by atoms with Crippen molar-refractivity contribution in [2.75, 3.05) is 13.7 Å². The van der Waals surface area contributed by atoms with Crippen LogP contribution < -0.4 is 5.32 Å². The molecule has 0 saturated heterocycles. The van der Waals surface area contributed by atoms with E-state index in [1.165, 1.54) is 19.5 Å². The lowest BCUT2D eigenvalue weighted by molar-refractivity contribution is -0.139. The average molecular weight is 227 g/mol. The summed E-state index contributed by atoms with van der Waals surface area (Å²) in [6, 6.07) is -0.956. The van der Waals surface area contributed by atoms with Crippen molar-refractivity contribution in [2.24, 2.45) is 0 Å². The van der Waals surface area contributed by atoms with Crippen LogP contribution in [0.15, 0.2) is 12.4 Å². The molecule has 0 saturated carbocycles. The zero-order valence-corrected chi connectivity index (χ0v) is 8.77. The Bertz CT molecular complexity index is 350. The van der Waals surface area contributed by atoms with Gasteiger partial charge in [-0.1, -0.05) is 0 Å². The number of carbonyl (C=O) groups is 2. The number of nitrogens with one attached hydrogen (secondary N) is 2. The minimum absolute atomic E-state index is 0.218. The van der Waals surface area contributed by atoms with Crippen molar-refractivity contribution in [3.05, 3.63) is 18.0 Å². The summed E-state index contributed by atoms with van der Waals surface area (Å²) in [5, 5.41) is 17.3. The predicted molar refractivity (Wildman–Crippen MR) is 54.0 cm³/mol. The lowest BCUT2D eigenvalue weighted by atomic mass is 10.2. The summed E-state index contributed by atoms with van der Waals surface area (Å²) in [6.45, 7) is 0.267. The van der Waals surface area contributed by atoms with Crippen LogP contribution in [0.4, 0.5) is 0 Å². The second-order valence-corrected chi connectivity index (χ2v) is 3.13. The van der Waals surface area contributed by atoms with Crippen LogP contribution in [0.25, 0.3) is 0 Å². The van der Waals surface area contributed by atoms with E-state index in [2.05, 4.69) is 15.5 Å². The summed E-state index contributed by atoms with van der Waals surface area (Å²) in [5.74, 6) is -1.56. The molecule has 0 aliphatic heterocycles. The number of carbonyl (C=O) groups excluding carboxylic acids is 1. The van der Waals surface area contributed by atoms with Gasteiger partial charge in [-0.15, -0.1) is 0 Å². The molecule has 16 heavy (non-hydrogen) atoms. The molecule has 0 bridgehead atoms. The zero-order valence-electron chi connectivity index (χ0n) is 8.77. The third kappa shape index (κ3) is 3.35. The van der Waals surface area contributed by atoms with E-state index >= 15 is 0 Å². The third-order valence-corrected chi connectivity index (χ3v) is 1.97. The highest BCUT2D eigenvalue weighted by Gasteiger charge is 2.20. The van der Waals surface area contributed by atoms with Crippen molar-refractivity contribution in [3.8, 4) is 0 Å². The molecule has 1 aromatic rings. The molecule has 0 aliphatic rings. The number of H-pyrrole nitrogens is 1. The van der Waals surface area contributed by atoms with Crippen molar-refractivity contribution in [1.82, 2.24) is 15.5 Å². The molecule has 7 nitrogen and oxygen atoms in total. The highest BCUT2D eigenvalue weighted by Crippen LogP contribution is 1.98. The van der Waals surface area contributed by atoms with Crippen LogP contribution in [-0.2, 0) is 9.53 Å². The van der Waals surface area contributed by atoms with Crippen molar-refractivity contribution >= 4 is 11.9 Å². The maximum absolute atomic E-state index is 11.5. The van der Waals surface area contributed by atoms with Gasteiger partial charge in [0.2, 0.25) is 0 Å². The molecule has 1 heterocycles. The Morgan fingerprint density at radius 2 is 2.44 bits per heavy atom. The number of hydrogen-bond acceptors (Lipinski definition) is 4. The molecule has 0 spiro atoms. The lowest BCUT2D eigenvalue weighted by Crippen LogP contribution is -2.41. The van der Waals surface area contributed by atoms with E-state index in [0.29, 0.717) is 5.56 Å². The van der Waals surface area contributed by atoms with Crippen LogP contribution in [0, 0.1) is 0 Å². The van der Waals surface area contributed by atoms with Crippen molar-refractivity contribution in [2.45, 2.75) is 12.5 Å². The van der Waals surface area contributed by atoms with Gasteiger partial charge in [-0.2, -0.15) is 5.10 Å². The van der Waals surface area contributed by atoms with E-state index in [1.54, 1.807) is 0 Å². The number of carboxylic acids is 1. The number of ether oxygens (including phenoxy) is 1. The summed E-state index contributed by atoms with van der Waals surface area (Å²) in [6.07, 6.45) is 2.94. The fraction of sp³-hybridized carbons (Fsp3) is 0.444. The van der Waals surface area contributed by atoms with E-state index in [9.17, 15) is 9.59 Å². The second-order valence-electron chi connectivity index (χ2n) is 3.13. The molecule has 1 atom stereocenters. The fourth-order valence-corrected chi connectivity index (χ4v) is 1.11. The maximum Gasteiger partial charge on any atom is 0.326 e. The molecule has 0 aliphatic carbocycles. The van der Waals surface area contributed by atoms with Crippen molar-refractivity contribution in [1.29, 1.82) is 0 Å². The van der Waals surface area contributed by atoms with E-state index in [-0.39, 0.29) is 13.0 Å². The SMILES string of the molecule is COCCC(NC(=O)c1cn[nH]c1)C(=O)O. The zero-order chi connectivity index (χ0) is 12.0. The van der Waals surface area contributed by atoms with Gasteiger partial charge < -0.3 is 15.2 Å². The summed E-state index contributed by atoms with van der Waals surface area (Å²) >= 11 is 0. The summed E-state index contributed by atoms with van der Waals surface area (Å²) in [5.41, 5.74) is 0.295. The number of aromatic amines is 1. The van der Waals surface area contributed by atoms with Crippen LogP contribution in [0.2, 0.25) is 0 Å². The van der Waals surface area contributed by atoms with Gasteiger partial charge in [0.15, 0.2) is 0 Å². The number of methoxy groups -OCH3 is 1. The van der Waals surface area contributed by atoms with Crippen LogP contribution in [-0.4, -0.2) is 46.9 Å². The van der Waals surface area contributed by atoms with Crippen molar-refractivity contribution in [3.63, 3.8) is 0 Å². The minimum Gasteiger partial charge on any atom is -0.480 e. The predicted octanol–water partition coefficient (Wildman–Crippen LogP) is -0.371. The van der Waals surface area contributed by atoms with Gasteiger partial charge in [0.1, 0.15) is 6.04 Å². The minimum atomic E-state index is -1.09. The maximum atomic E-state index is 11.5. The molecule has 88 valence electrons. The summed E-state index contributed by atoms with van der Waals surface area (Å²) in [7, 11) is 1.47. The molecule has 7 heteroatoms. The highest BCUT2D eigenvalue weighted by atomic mass is 16.5. The quantitative estimate of drug-likeness (QED) is 0.615. The van der Waals surface area contributed by atoms with E-state index in [0.717, 1.165) is 0 Å². The first-order chi connectivity index (χ1) is 7.65. The fourth-order valence-electron chi connectivity index (χ4n) is 1.11. The first kappa shape index (κ1) is 12.2. The number of nitrogens with zero attached hydrogens (tertiary/aromatic N) is 1. The van der Waals surface area contributed by atoms with Crippen LogP contribution in [0.5, 0.6) is 0 Å². The average Bonchev–Trinajstić information content (AvgIpc) is 2.76. The van der Waals surface area contributed by atoms with Crippen LogP contribution >= 0.6 is 0 Å². The van der Waals surface area contributed by atoms with Crippen molar-refractivity contribution < 1.29 is 19.4 Å². The molecule has 1 rings (SSSR count). The molecule has 1 unspecified atom stereocenters. The number of aliphatic carboxylic acids is 1. The van der Waals surface area contributed by atoms with Gasteiger partial charge in [-0.05, 0) is 0 Å². The Morgan fingerprint density at radius 3 is 2.94 bits per heavy atom. The summed E-state index contributed by atoms with van der Waals surface area (Å²) < 4.78 is 4.76. The smallest absolute Gasteiger partial charge is 0.326 e. The molecular formula is C9H13N3O4. The van der Waals surface area contributed by atoms with Gasteiger partial charge in [0.05, 0.1) is 11.8 Å². The standard InChI is InChI=1S/C9H13N3O4/c1-16-3-2-7(9(14)15)12-8(13)6-4-10-11-5-6/h4-5,7H,2-3H2,1H3,(H,10,11)(H,12,13)(H,14,15). The first-order valence-electron chi connectivity index (χ1n) is 4.66. The molecule has 0 radical (unpaired) electrons. The van der Waals surface area contributed by atoms with Gasteiger partial charge in [0, 0.05) is 26.3 Å². The van der Waals surface area contributed by atoms with Crippen LogP contribution in [0.3, 0.4) is 0 Å². The molecule has 0 aromatic carbocycles. The molecule has 0 fully saturated rings. The largest absolute Gasteiger partial charge is 0.480 e. The van der Waals surface area contributed by atoms with Crippen LogP contribution in [0.1, 0.15) is 16.8 Å². The summed E-state index contributed by atoms with van der Waals surface area (Å²) in [4.78, 5) is 22.3. The number of carboxylic acid groups (broad SMARTS) is 1. The Hall–Kier alpha value is -1.89. The molecule has 3 N–H and O–H groups in total. The molecular weight excluding hydrogens is 214 g/mol. The van der Waals surface area contributed by atoms with E-state index < -0.39 is 17.9 Å². The number of hydrogen-bond donors (Lipinski definition) is 3. The van der Waals surface area contributed by atoms with Gasteiger partial charge in [-0.3, -0.25) is 9.89 Å². The molecule has 1 amide bonds. The third-order valence-electron chi connectivity index (χ3n) is 1.97. The Kier molecular flexibility index (Phi) is 4.46. The highest BCUT2D eigenvalue weighted by molar-refractivity contribution is 5.96. The topological polar surface area (TPSA) is 104 Å². The number of rotatable bonds is 6. The normalized spacial score (nSPS) is 12.1. The van der Waals surface area contributed by atoms with Gasteiger partial charge in [-0.25, -0.2) is 4.79 Å². The Morgan fingerprint density at radius 1 is 1.69 bits per heavy atom. The van der Waals surface area contributed by atoms with Gasteiger partial charge >= 0.3 is 5.97 Å².